The average molecular weight is 387 g/mol. The zero-order valence-electron chi connectivity index (χ0n) is 16.0. The van der Waals surface area contributed by atoms with Gasteiger partial charge in [-0.05, 0) is 12.8 Å². The van der Waals surface area contributed by atoms with Crippen LogP contribution in [0.4, 0.5) is 0 Å². The van der Waals surface area contributed by atoms with Gasteiger partial charge in [0.25, 0.3) is 0 Å². The number of nitrogens with one attached hydrogen (secondary N) is 1. The van der Waals surface area contributed by atoms with Gasteiger partial charge in [-0.25, -0.2) is 9.98 Å². The largest absolute Gasteiger partial charge is 0.469 e. The summed E-state index contributed by atoms with van der Waals surface area (Å²) in [6.07, 6.45) is 0. The highest BCUT2D eigenvalue weighted by Gasteiger charge is 2.36. The quantitative estimate of drug-likeness (QED) is 0.486. The van der Waals surface area contributed by atoms with Crippen molar-refractivity contribution in [3.05, 3.63) is 41.4 Å². The number of thiazole rings is 1. The van der Waals surface area contributed by atoms with Crippen molar-refractivity contribution in [3.63, 3.8) is 0 Å². The van der Waals surface area contributed by atoms with Crippen molar-refractivity contribution in [3.8, 4) is 10.6 Å². The fraction of sp³-hybridized carbons (Fsp3) is 0.450. The summed E-state index contributed by atoms with van der Waals surface area (Å²) in [5, 5.41) is 6.39. The SMILES string of the molecule is CCNC(=NCc1csc(-c2ccccc2)n1)N1CC(C)C(C(=O)OC)C1. The van der Waals surface area contributed by atoms with Crippen LogP contribution in [0.25, 0.3) is 10.6 Å². The first-order valence-electron chi connectivity index (χ1n) is 9.23. The van der Waals surface area contributed by atoms with Crippen molar-refractivity contribution in [1.29, 1.82) is 0 Å². The second kappa shape index (κ2) is 8.99. The molecule has 0 radical (unpaired) electrons. The Balaban J connectivity index is 1.70. The number of rotatable bonds is 5. The van der Waals surface area contributed by atoms with Gasteiger partial charge in [0.05, 0.1) is 25.3 Å². The van der Waals surface area contributed by atoms with Gasteiger partial charge in [-0.2, -0.15) is 0 Å². The Bertz CT molecular complexity index is 790. The Morgan fingerprint density at radius 3 is 2.85 bits per heavy atom. The van der Waals surface area contributed by atoms with Crippen LogP contribution in [0.5, 0.6) is 0 Å². The van der Waals surface area contributed by atoms with Crippen molar-refractivity contribution in [2.75, 3.05) is 26.7 Å². The van der Waals surface area contributed by atoms with Gasteiger partial charge in [0.1, 0.15) is 5.01 Å². The molecule has 0 spiro atoms. The van der Waals surface area contributed by atoms with E-state index in [0.29, 0.717) is 13.1 Å². The average Bonchev–Trinajstić information content (AvgIpc) is 3.32. The smallest absolute Gasteiger partial charge is 0.310 e. The number of ether oxygens (including phenoxy) is 1. The molecule has 1 aromatic carbocycles. The molecule has 1 saturated heterocycles. The van der Waals surface area contributed by atoms with Crippen LogP contribution in [0.2, 0.25) is 0 Å². The van der Waals surface area contributed by atoms with Crippen LogP contribution in [0.1, 0.15) is 19.5 Å². The third-order valence-electron chi connectivity index (χ3n) is 4.71. The normalized spacial score (nSPS) is 20.0. The molecule has 2 heterocycles. The van der Waals surface area contributed by atoms with E-state index in [1.54, 1.807) is 11.3 Å². The van der Waals surface area contributed by atoms with Crippen molar-refractivity contribution >= 4 is 23.3 Å². The van der Waals surface area contributed by atoms with Gasteiger partial charge in [0.15, 0.2) is 5.96 Å². The zero-order chi connectivity index (χ0) is 19.2. The van der Waals surface area contributed by atoms with Crippen LogP contribution in [0.3, 0.4) is 0 Å². The summed E-state index contributed by atoms with van der Waals surface area (Å²) in [5.74, 6) is 0.811. The Morgan fingerprint density at radius 1 is 1.37 bits per heavy atom. The fourth-order valence-corrected chi connectivity index (χ4v) is 4.09. The number of likely N-dealkylation sites (tertiary alicyclic amines) is 1. The van der Waals surface area contributed by atoms with Crippen LogP contribution in [0, 0.1) is 11.8 Å². The lowest BCUT2D eigenvalue weighted by Gasteiger charge is -2.21. The second-order valence-electron chi connectivity index (χ2n) is 6.69. The summed E-state index contributed by atoms with van der Waals surface area (Å²) in [6, 6.07) is 10.2. The number of aromatic nitrogens is 1. The summed E-state index contributed by atoms with van der Waals surface area (Å²) < 4.78 is 4.93. The highest BCUT2D eigenvalue weighted by Crippen LogP contribution is 2.25. The van der Waals surface area contributed by atoms with Crippen LogP contribution in [-0.2, 0) is 16.1 Å². The summed E-state index contributed by atoms with van der Waals surface area (Å²) in [6.45, 7) is 6.84. The number of methoxy groups -OCH3 is 1. The van der Waals surface area contributed by atoms with E-state index in [0.717, 1.165) is 35.3 Å². The maximum atomic E-state index is 11.9. The predicted octanol–water partition coefficient (Wildman–Crippen LogP) is 3.02. The van der Waals surface area contributed by atoms with Crippen LogP contribution in [0.15, 0.2) is 40.7 Å². The summed E-state index contributed by atoms with van der Waals surface area (Å²) >= 11 is 1.63. The number of carbonyl (C=O) groups is 1. The molecule has 1 aromatic heterocycles. The maximum Gasteiger partial charge on any atom is 0.310 e. The van der Waals surface area contributed by atoms with Crippen molar-refractivity contribution < 1.29 is 9.53 Å². The standard InChI is InChI=1S/C20H26N4O2S/c1-4-21-20(24-11-14(2)17(12-24)19(25)26-3)22-10-16-13-27-18(23-16)15-8-6-5-7-9-15/h5-9,13-14,17H,4,10-12H2,1-3H3,(H,21,22). The monoisotopic (exact) mass is 386 g/mol. The van der Waals surface area contributed by atoms with Gasteiger partial charge >= 0.3 is 5.97 Å². The van der Waals surface area contributed by atoms with E-state index in [-0.39, 0.29) is 17.8 Å². The van der Waals surface area contributed by atoms with E-state index >= 15 is 0 Å². The molecule has 1 aliphatic rings. The highest BCUT2D eigenvalue weighted by molar-refractivity contribution is 7.13. The summed E-state index contributed by atoms with van der Waals surface area (Å²) in [5.41, 5.74) is 2.07. The molecule has 2 aromatic rings. The van der Waals surface area contributed by atoms with E-state index in [9.17, 15) is 4.79 Å². The van der Waals surface area contributed by atoms with Gasteiger partial charge in [-0.1, -0.05) is 37.3 Å². The molecule has 0 amide bonds. The first kappa shape index (κ1) is 19.4. The molecule has 6 nitrogen and oxygen atoms in total. The lowest BCUT2D eigenvalue weighted by Crippen LogP contribution is -2.40. The molecule has 1 aliphatic heterocycles. The number of hydrogen-bond acceptors (Lipinski definition) is 5. The van der Waals surface area contributed by atoms with Gasteiger partial charge in [0, 0.05) is 30.6 Å². The van der Waals surface area contributed by atoms with Gasteiger partial charge in [-0.3, -0.25) is 4.79 Å². The molecule has 0 saturated carbocycles. The molecule has 2 unspecified atom stereocenters. The Hall–Kier alpha value is -2.41. The van der Waals surface area contributed by atoms with Gasteiger partial charge < -0.3 is 15.0 Å². The van der Waals surface area contributed by atoms with Crippen LogP contribution < -0.4 is 5.32 Å². The van der Waals surface area contributed by atoms with Crippen LogP contribution >= 0.6 is 11.3 Å². The molecular formula is C20H26N4O2S. The lowest BCUT2D eigenvalue weighted by molar-refractivity contribution is -0.145. The van der Waals surface area contributed by atoms with E-state index in [1.807, 2.05) is 25.1 Å². The van der Waals surface area contributed by atoms with E-state index in [1.165, 1.54) is 7.11 Å². The fourth-order valence-electron chi connectivity index (χ4n) is 3.27. The number of benzene rings is 1. The van der Waals surface area contributed by atoms with Gasteiger partial charge in [0.2, 0.25) is 0 Å². The number of guanidine groups is 1. The molecule has 3 rings (SSSR count). The Morgan fingerprint density at radius 2 is 2.15 bits per heavy atom. The summed E-state index contributed by atoms with van der Waals surface area (Å²) in [4.78, 5) is 23.5. The maximum absolute atomic E-state index is 11.9. The molecule has 0 bridgehead atoms. The molecular weight excluding hydrogens is 360 g/mol. The molecule has 2 atom stereocenters. The lowest BCUT2D eigenvalue weighted by atomic mass is 9.99. The topological polar surface area (TPSA) is 66.8 Å². The third kappa shape index (κ3) is 4.66. The highest BCUT2D eigenvalue weighted by atomic mass is 32.1. The van der Waals surface area contributed by atoms with Crippen LogP contribution in [-0.4, -0.2) is 48.6 Å². The first-order chi connectivity index (χ1) is 13.1. The Kier molecular flexibility index (Phi) is 6.45. The number of carbonyl (C=O) groups excluding carboxylic acids is 1. The zero-order valence-corrected chi connectivity index (χ0v) is 16.8. The van der Waals surface area contributed by atoms with Crippen molar-refractivity contribution in [2.24, 2.45) is 16.8 Å². The third-order valence-corrected chi connectivity index (χ3v) is 5.65. The molecule has 7 heteroatoms. The minimum absolute atomic E-state index is 0.109. The van der Waals surface area contributed by atoms with Crippen molar-refractivity contribution in [1.82, 2.24) is 15.2 Å². The minimum Gasteiger partial charge on any atom is -0.469 e. The molecule has 1 fully saturated rings. The van der Waals surface area contributed by atoms with E-state index in [2.05, 4.69) is 34.7 Å². The Labute approximate surface area is 164 Å². The molecule has 144 valence electrons. The summed E-state index contributed by atoms with van der Waals surface area (Å²) in [7, 11) is 1.45. The molecule has 27 heavy (non-hydrogen) atoms. The predicted molar refractivity (Wildman–Crippen MR) is 109 cm³/mol. The number of nitrogens with zero attached hydrogens (tertiary/aromatic N) is 3. The van der Waals surface area contributed by atoms with Crippen molar-refractivity contribution in [2.45, 2.75) is 20.4 Å². The first-order valence-corrected chi connectivity index (χ1v) is 10.1. The number of esters is 1. The van der Waals surface area contributed by atoms with E-state index < -0.39 is 0 Å². The number of aliphatic imine (C=N–C) groups is 1. The number of hydrogen-bond donors (Lipinski definition) is 1. The van der Waals surface area contributed by atoms with E-state index in [4.69, 9.17) is 14.7 Å². The minimum atomic E-state index is -0.146. The van der Waals surface area contributed by atoms with Gasteiger partial charge in [-0.15, -0.1) is 11.3 Å². The molecule has 1 N–H and O–H groups in total. The molecule has 0 aliphatic carbocycles. The second-order valence-corrected chi connectivity index (χ2v) is 7.55.